The van der Waals surface area contributed by atoms with E-state index in [1.165, 1.54) is 0 Å². The summed E-state index contributed by atoms with van der Waals surface area (Å²) >= 11 is 1.63. The van der Waals surface area contributed by atoms with Crippen molar-refractivity contribution in [3.05, 3.63) is 29.1 Å². The van der Waals surface area contributed by atoms with Crippen molar-refractivity contribution in [2.45, 2.75) is 13.8 Å². The van der Waals surface area contributed by atoms with Gasteiger partial charge in [-0.25, -0.2) is 0 Å². The molecule has 2 N–H and O–H groups in total. The first-order valence-electron chi connectivity index (χ1n) is 4.39. The van der Waals surface area contributed by atoms with Crippen molar-refractivity contribution in [1.29, 1.82) is 0 Å². The molecule has 0 bridgehead atoms. The Morgan fingerprint density at radius 1 is 1.33 bits per heavy atom. The number of aryl methyl sites for hydroxylation is 1. The topological polar surface area (TPSA) is 57.5 Å². The van der Waals surface area contributed by atoms with Crippen LogP contribution in [-0.4, -0.2) is 16.2 Å². The molecule has 0 amide bonds. The van der Waals surface area contributed by atoms with Gasteiger partial charge in [-0.2, -0.15) is 0 Å². The van der Waals surface area contributed by atoms with E-state index in [2.05, 4.69) is 0 Å². The minimum atomic E-state index is -0.833. The zero-order valence-corrected chi connectivity index (χ0v) is 9.34. The number of rotatable bonds is 0. The number of carboxylic acids is 1. The Morgan fingerprint density at radius 2 is 1.87 bits per heavy atom. The van der Waals surface area contributed by atoms with Crippen LogP contribution >= 0.6 is 11.3 Å². The Morgan fingerprint density at radius 3 is 2.40 bits per heavy atom. The molecular weight excluding hydrogens is 212 g/mol. The molecule has 0 saturated heterocycles. The van der Waals surface area contributed by atoms with Gasteiger partial charge in [0, 0.05) is 21.9 Å². The Hall–Kier alpha value is -1.55. The molecule has 0 aliphatic heterocycles. The lowest BCUT2D eigenvalue weighted by molar-refractivity contribution is -0.134. The van der Waals surface area contributed by atoms with E-state index in [-0.39, 0.29) is 0 Å². The summed E-state index contributed by atoms with van der Waals surface area (Å²) in [5.41, 5.74) is 0. The van der Waals surface area contributed by atoms with E-state index in [1.54, 1.807) is 11.3 Å². The molecule has 0 radical (unpaired) electrons. The minimum absolute atomic E-state index is 0.436. The van der Waals surface area contributed by atoms with Crippen LogP contribution < -0.4 is 0 Å². The molecule has 2 aromatic rings. The van der Waals surface area contributed by atoms with Gasteiger partial charge in [0.05, 0.1) is 0 Å². The predicted octanol–water partition coefficient (Wildman–Crippen LogP) is 3.01. The molecule has 15 heavy (non-hydrogen) atoms. The van der Waals surface area contributed by atoms with Crippen LogP contribution in [0.25, 0.3) is 10.1 Å². The standard InChI is InChI=1S/C9H8OS.C2H4O2/c1-6-9(10)7-4-2-3-5-8(7)11-6;1-2(3)4/h2-5,10H,1H3;1H3,(H,3,4). The number of thiophene rings is 1. The van der Waals surface area contributed by atoms with Gasteiger partial charge in [0.1, 0.15) is 5.75 Å². The first-order chi connectivity index (χ1) is 7.02. The van der Waals surface area contributed by atoms with Crippen molar-refractivity contribution in [1.82, 2.24) is 0 Å². The molecule has 0 fully saturated rings. The zero-order valence-electron chi connectivity index (χ0n) is 8.52. The number of hydrogen-bond donors (Lipinski definition) is 2. The third kappa shape index (κ3) is 2.95. The van der Waals surface area contributed by atoms with Gasteiger partial charge < -0.3 is 10.2 Å². The Bertz CT molecular complexity index is 470. The summed E-state index contributed by atoms with van der Waals surface area (Å²) in [6.45, 7) is 3.01. The third-order valence-corrected chi connectivity index (χ3v) is 2.81. The fourth-order valence-corrected chi connectivity index (χ4v) is 2.11. The van der Waals surface area contributed by atoms with Crippen molar-refractivity contribution in [2.24, 2.45) is 0 Å². The highest BCUT2D eigenvalue weighted by atomic mass is 32.1. The molecule has 3 nitrogen and oxygen atoms in total. The molecular formula is C11H12O3S. The van der Waals surface area contributed by atoms with E-state index in [0.717, 1.165) is 21.9 Å². The Balaban J connectivity index is 0.000000245. The van der Waals surface area contributed by atoms with Crippen LogP contribution in [-0.2, 0) is 4.79 Å². The van der Waals surface area contributed by atoms with Gasteiger partial charge in [-0.1, -0.05) is 12.1 Å². The van der Waals surface area contributed by atoms with Crippen LogP contribution in [0.1, 0.15) is 11.8 Å². The van der Waals surface area contributed by atoms with Crippen LogP contribution in [0.5, 0.6) is 5.75 Å². The summed E-state index contributed by atoms with van der Waals surface area (Å²) in [7, 11) is 0. The molecule has 0 saturated carbocycles. The van der Waals surface area contributed by atoms with E-state index in [4.69, 9.17) is 9.90 Å². The number of hydrogen-bond acceptors (Lipinski definition) is 3. The quantitative estimate of drug-likeness (QED) is 0.723. The summed E-state index contributed by atoms with van der Waals surface area (Å²) in [6, 6.07) is 7.88. The molecule has 0 unspecified atom stereocenters. The maximum atomic E-state index is 9.51. The summed E-state index contributed by atoms with van der Waals surface area (Å²) < 4.78 is 1.16. The van der Waals surface area contributed by atoms with E-state index >= 15 is 0 Å². The van der Waals surface area contributed by atoms with Crippen molar-refractivity contribution >= 4 is 27.4 Å². The Kier molecular flexibility index (Phi) is 3.68. The van der Waals surface area contributed by atoms with E-state index in [1.807, 2.05) is 31.2 Å². The lowest BCUT2D eigenvalue weighted by Crippen LogP contribution is -1.78. The molecule has 0 spiro atoms. The van der Waals surface area contributed by atoms with Crippen LogP contribution in [0.3, 0.4) is 0 Å². The number of aliphatic carboxylic acids is 1. The molecule has 1 aromatic carbocycles. The fraction of sp³-hybridized carbons (Fsp3) is 0.182. The van der Waals surface area contributed by atoms with Gasteiger partial charge in [0.15, 0.2) is 0 Å². The summed E-state index contributed by atoms with van der Waals surface area (Å²) in [4.78, 5) is 9.99. The van der Waals surface area contributed by atoms with Gasteiger partial charge in [0.2, 0.25) is 0 Å². The largest absolute Gasteiger partial charge is 0.506 e. The average molecular weight is 224 g/mol. The SMILES string of the molecule is CC(=O)O.Cc1sc2ccccc2c1O. The minimum Gasteiger partial charge on any atom is -0.506 e. The summed E-state index contributed by atoms with van der Waals surface area (Å²) in [5.74, 6) is -0.398. The van der Waals surface area contributed by atoms with Crippen LogP contribution in [0, 0.1) is 6.92 Å². The van der Waals surface area contributed by atoms with Crippen molar-refractivity contribution in [2.75, 3.05) is 0 Å². The molecule has 0 atom stereocenters. The van der Waals surface area contributed by atoms with Gasteiger partial charge in [0.25, 0.3) is 5.97 Å². The third-order valence-electron chi connectivity index (χ3n) is 1.74. The first-order valence-corrected chi connectivity index (χ1v) is 5.20. The van der Waals surface area contributed by atoms with Crippen molar-refractivity contribution in [3.8, 4) is 5.75 Å². The van der Waals surface area contributed by atoms with Crippen LogP contribution in [0.4, 0.5) is 0 Å². The molecule has 4 heteroatoms. The lowest BCUT2D eigenvalue weighted by atomic mass is 10.2. The van der Waals surface area contributed by atoms with E-state index in [0.29, 0.717) is 5.75 Å². The smallest absolute Gasteiger partial charge is 0.300 e. The number of aromatic hydroxyl groups is 1. The molecule has 80 valence electrons. The highest BCUT2D eigenvalue weighted by molar-refractivity contribution is 7.19. The summed E-state index contributed by atoms with van der Waals surface area (Å²) in [6.07, 6.45) is 0. The lowest BCUT2D eigenvalue weighted by Gasteiger charge is -1.87. The fourth-order valence-electron chi connectivity index (χ4n) is 1.15. The Labute approximate surface area is 91.6 Å². The highest BCUT2D eigenvalue weighted by Crippen LogP contribution is 2.35. The average Bonchev–Trinajstić information content (AvgIpc) is 2.43. The second-order valence-electron chi connectivity index (χ2n) is 3.02. The second-order valence-corrected chi connectivity index (χ2v) is 4.28. The maximum absolute atomic E-state index is 9.51. The molecule has 0 aliphatic carbocycles. The first kappa shape index (κ1) is 11.5. The van der Waals surface area contributed by atoms with Crippen molar-refractivity contribution < 1.29 is 15.0 Å². The predicted molar refractivity (Wildman–Crippen MR) is 61.5 cm³/mol. The van der Waals surface area contributed by atoms with Gasteiger partial charge in [-0.05, 0) is 19.1 Å². The number of fused-ring (bicyclic) bond motifs is 1. The second kappa shape index (κ2) is 4.79. The van der Waals surface area contributed by atoms with Crippen molar-refractivity contribution in [3.63, 3.8) is 0 Å². The van der Waals surface area contributed by atoms with Gasteiger partial charge in [-0.15, -0.1) is 11.3 Å². The summed E-state index contributed by atoms with van der Waals surface area (Å²) in [5, 5.41) is 17.9. The van der Waals surface area contributed by atoms with Gasteiger partial charge >= 0.3 is 0 Å². The number of carbonyl (C=O) groups is 1. The van der Waals surface area contributed by atoms with Crippen LogP contribution in [0.2, 0.25) is 0 Å². The zero-order chi connectivity index (χ0) is 11.4. The highest BCUT2D eigenvalue weighted by Gasteiger charge is 2.04. The normalized spacial score (nSPS) is 9.47. The van der Waals surface area contributed by atoms with Gasteiger partial charge in [-0.3, -0.25) is 4.79 Å². The van der Waals surface area contributed by atoms with E-state index < -0.39 is 5.97 Å². The number of benzene rings is 1. The number of carboxylic acid groups (broad SMARTS) is 1. The van der Waals surface area contributed by atoms with Crippen LogP contribution in [0.15, 0.2) is 24.3 Å². The monoisotopic (exact) mass is 224 g/mol. The molecule has 1 aromatic heterocycles. The van der Waals surface area contributed by atoms with E-state index in [9.17, 15) is 5.11 Å². The maximum Gasteiger partial charge on any atom is 0.300 e. The molecule has 2 rings (SSSR count). The molecule has 1 heterocycles. The molecule has 0 aliphatic rings.